The summed E-state index contributed by atoms with van der Waals surface area (Å²) in [4.78, 5) is 24.7. The first-order valence-electron chi connectivity index (χ1n) is 9.05. The summed E-state index contributed by atoms with van der Waals surface area (Å²) in [6.07, 6.45) is 2.19. The fourth-order valence-corrected chi connectivity index (χ4v) is 3.21. The number of hydrogen-bond acceptors (Lipinski definition) is 5. The van der Waals surface area contributed by atoms with Gasteiger partial charge < -0.3 is 15.0 Å². The highest BCUT2D eigenvalue weighted by atomic mass is 32.1. The normalized spacial score (nSPS) is 14.4. The molecule has 1 heterocycles. The van der Waals surface area contributed by atoms with Crippen LogP contribution in [0.5, 0.6) is 5.75 Å². The first kappa shape index (κ1) is 19.8. The minimum Gasteiger partial charge on any atom is -0.432 e. The number of non-ortho nitro benzene ring substituents is 1. The maximum Gasteiger partial charge on any atom is 0.271 e. The Hall–Kier alpha value is -3.00. The second kappa shape index (κ2) is 8.79. The second-order valence-electron chi connectivity index (χ2n) is 6.82. The zero-order valence-electron chi connectivity index (χ0n) is 15.5. The molecule has 2 aromatic rings. The number of thiocarbonyl (C=S) groups is 1. The van der Waals surface area contributed by atoms with E-state index in [1.54, 1.807) is 30.3 Å². The highest BCUT2D eigenvalue weighted by Crippen LogP contribution is 2.20. The van der Waals surface area contributed by atoms with Gasteiger partial charge in [-0.3, -0.25) is 14.9 Å². The molecule has 3 rings (SSSR count). The van der Waals surface area contributed by atoms with Gasteiger partial charge in [-0.2, -0.15) is 0 Å². The van der Waals surface area contributed by atoms with Gasteiger partial charge in [0.25, 0.3) is 16.8 Å². The van der Waals surface area contributed by atoms with Gasteiger partial charge in [0.15, 0.2) is 0 Å². The van der Waals surface area contributed by atoms with Crippen LogP contribution >= 0.6 is 12.2 Å². The first-order valence-corrected chi connectivity index (χ1v) is 9.46. The second-order valence-corrected chi connectivity index (χ2v) is 7.17. The minimum atomic E-state index is -0.506. The molecule has 1 aliphatic rings. The summed E-state index contributed by atoms with van der Waals surface area (Å²) < 4.78 is 5.73. The molecular weight excluding hydrogens is 378 g/mol. The van der Waals surface area contributed by atoms with Crippen molar-refractivity contribution < 1.29 is 14.5 Å². The lowest BCUT2D eigenvalue weighted by atomic mass is 10.00. The Kier molecular flexibility index (Phi) is 6.20. The van der Waals surface area contributed by atoms with Crippen molar-refractivity contribution in [3.63, 3.8) is 0 Å². The number of ether oxygens (including phenoxy) is 1. The van der Waals surface area contributed by atoms with Crippen LogP contribution in [0.2, 0.25) is 0 Å². The molecule has 1 aliphatic heterocycles. The lowest BCUT2D eigenvalue weighted by Gasteiger charge is -2.31. The van der Waals surface area contributed by atoms with Crippen LogP contribution in [0.3, 0.4) is 0 Å². The number of nitro groups is 1. The number of hydrogen-bond donors (Lipinski definition) is 1. The van der Waals surface area contributed by atoms with E-state index in [4.69, 9.17) is 17.0 Å². The Labute approximate surface area is 168 Å². The molecule has 1 saturated heterocycles. The van der Waals surface area contributed by atoms with Gasteiger partial charge in [-0.05, 0) is 61.3 Å². The maximum atomic E-state index is 12.4. The zero-order valence-corrected chi connectivity index (χ0v) is 16.3. The lowest BCUT2D eigenvalue weighted by molar-refractivity contribution is -0.384. The molecule has 0 aromatic heterocycles. The van der Waals surface area contributed by atoms with Crippen LogP contribution in [0.25, 0.3) is 0 Å². The van der Waals surface area contributed by atoms with Crippen molar-refractivity contribution in [1.29, 1.82) is 0 Å². The van der Waals surface area contributed by atoms with Crippen LogP contribution in [0.4, 0.5) is 11.4 Å². The number of anilines is 1. The number of nitrogens with zero attached hydrogens (tertiary/aromatic N) is 2. The number of nitrogens with one attached hydrogen (secondary N) is 1. The Balaban J connectivity index is 1.59. The molecule has 28 heavy (non-hydrogen) atoms. The molecule has 7 nitrogen and oxygen atoms in total. The fourth-order valence-electron chi connectivity index (χ4n) is 2.93. The van der Waals surface area contributed by atoms with Crippen molar-refractivity contribution in [2.75, 3.05) is 18.4 Å². The quantitative estimate of drug-likeness (QED) is 0.470. The Morgan fingerprint density at radius 2 is 1.89 bits per heavy atom. The Morgan fingerprint density at radius 3 is 2.54 bits per heavy atom. The van der Waals surface area contributed by atoms with E-state index in [2.05, 4.69) is 17.1 Å². The van der Waals surface area contributed by atoms with Crippen LogP contribution in [-0.2, 0) is 0 Å². The summed E-state index contributed by atoms with van der Waals surface area (Å²) >= 11 is 5.37. The average Bonchev–Trinajstić information content (AvgIpc) is 2.69. The Morgan fingerprint density at radius 1 is 1.21 bits per heavy atom. The maximum absolute atomic E-state index is 12.4. The van der Waals surface area contributed by atoms with Gasteiger partial charge >= 0.3 is 0 Å². The van der Waals surface area contributed by atoms with Gasteiger partial charge in [0.1, 0.15) is 5.75 Å². The molecule has 0 aliphatic carbocycles. The monoisotopic (exact) mass is 399 g/mol. The smallest absolute Gasteiger partial charge is 0.271 e. The van der Waals surface area contributed by atoms with E-state index in [-0.39, 0.29) is 11.6 Å². The number of benzene rings is 2. The van der Waals surface area contributed by atoms with Crippen LogP contribution in [-0.4, -0.2) is 34.0 Å². The van der Waals surface area contributed by atoms with Crippen molar-refractivity contribution in [3.8, 4) is 5.75 Å². The van der Waals surface area contributed by atoms with Crippen LogP contribution in [0.15, 0.2) is 48.5 Å². The van der Waals surface area contributed by atoms with E-state index < -0.39 is 4.92 Å². The molecule has 0 spiro atoms. The number of nitro benzene ring substituents is 1. The van der Waals surface area contributed by atoms with Crippen LogP contribution < -0.4 is 10.1 Å². The molecule has 8 heteroatoms. The van der Waals surface area contributed by atoms with E-state index in [9.17, 15) is 14.9 Å². The third-order valence-electron chi connectivity index (χ3n) is 4.68. The summed E-state index contributed by atoms with van der Waals surface area (Å²) in [5.41, 5.74) is 0.693. The first-order chi connectivity index (χ1) is 13.4. The highest BCUT2D eigenvalue weighted by molar-refractivity contribution is 7.80. The van der Waals surface area contributed by atoms with Crippen molar-refractivity contribution in [1.82, 2.24) is 4.90 Å². The zero-order chi connectivity index (χ0) is 20.1. The lowest BCUT2D eigenvalue weighted by Crippen LogP contribution is -2.39. The summed E-state index contributed by atoms with van der Waals surface area (Å²) in [5.74, 6) is 0.915. The van der Waals surface area contributed by atoms with E-state index in [1.807, 2.05) is 0 Å². The SMILES string of the molecule is CC1CCN(C(=S)Oc2ccc(C(=O)Nc3cccc([N+](=O)[O-])c3)cc2)CC1. The van der Waals surface area contributed by atoms with Crippen LogP contribution in [0.1, 0.15) is 30.1 Å². The molecule has 0 bridgehead atoms. The number of piperidine rings is 1. The summed E-state index contributed by atoms with van der Waals surface area (Å²) in [7, 11) is 0. The van der Waals surface area contributed by atoms with E-state index in [0.717, 1.165) is 25.9 Å². The summed E-state index contributed by atoms with van der Waals surface area (Å²) in [5, 5.41) is 13.9. The molecule has 1 N–H and O–H groups in total. The standard InChI is InChI=1S/C20H21N3O4S/c1-14-9-11-22(12-10-14)20(28)27-18-7-5-15(6-8-18)19(24)21-16-3-2-4-17(13-16)23(25)26/h2-8,13-14H,9-12H2,1H3,(H,21,24). The van der Waals surface area contributed by atoms with Crippen molar-refractivity contribution in [3.05, 3.63) is 64.2 Å². The van der Waals surface area contributed by atoms with Crippen molar-refractivity contribution >= 4 is 34.7 Å². The van der Waals surface area contributed by atoms with Gasteiger partial charge in [0.2, 0.25) is 0 Å². The molecule has 1 fully saturated rings. The van der Waals surface area contributed by atoms with Crippen LogP contribution in [0, 0.1) is 16.0 Å². The molecule has 2 aromatic carbocycles. The molecule has 0 radical (unpaired) electrons. The largest absolute Gasteiger partial charge is 0.432 e. The van der Waals surface area contributed by atoms with Gasteiger partial charge in [0, 0.05) is 36.5 Å². The molecule has 0 saturated carbocycles. The van der Waals surface area contributed by atoms with E-state index in [0.29, 0.717) is 28.1 Å². The molecule has 0 unspecified atom stereocenters. The fraction of sp³-hybridized carbons (Fsp3) is 0.300. The molecule has 146 valence electrons. The van der Waals surface area contributed by atoms with E-state index >= 15 is 0 Å². The number of carbonyl (C=O) groups excluding carboxylic acids is 1. The Bertz CT molecular complexity index is 877. The van der Waals surface area contributed by atoms with Crippen molar-refractivity contribution in [2.45, 2.75) is 19.8 Å². The van der Waals surface area contributed by atoms with E-state index in [1.165, 1.54) is 18.2 Å². The number of carbonyl (C=O) groups is 1. The number of rotatable bonds is 4. The highest BCUT2D eigenvalue weighted by Gasteiger charge is 2.19. The molecule has 0 atom stereocenters. The summed E-state index contributed by atoms with van der Waals surface area (Å²) in [6.45, 7) is 4.02. The summed E-state index contributed by atoms with van der Waals surface area (Å²) in [6, 6.07) is 12.4. The average molecular weight is 399 g/mol. The van der Waals surface area contributed by atoms with Gasteiger partial charge in [-0.15, -0.1) is 0 Å². The minimum absolute atomic E-state index is 0.0813. The number of amides is 1. The molecule has 1 amide bonds. The topological polar surface area (TPSA) is 84.7 Å². The third-order valence-corrected chi connectivity index (χ3v) is 5.02. The predicted molar refractivity (Wildman–Crippen MR) is 111 cm³/mol. The van der Waals surface area contributed by atoms with Gasteiger partial charge in [-0.1, -0.05) is 13.0 Å². The third kappa shape index (κ3) is 5.04. The van der Waals surface area contributed by atoms with Crippen molar-refractivity contribution in [2.24, 2.45) is 5.92 Å². The predicted octanol–water partition coefficient (Wildman–Crippen LogP) is 4.24. The van der Waals surface area contributed by atoms with Gasteiger partial charge in [0.05, 0.1) is 4.92 Å². The molecular formula is C20H21N3O4S. The number of likely N-dealkylation sites (tertiary alicyclic amines) is 1. The van der Waals surface area contributed by atoms with Gasteiger partial charge in [-0.25, -0.2) is 0 Å².